The maximum Gasteiger partial charge on any atom is 0.243 e. The molecule has 7 N–H and O–H groups in total. The number of nitrogens with one attached hydrogen (secondary N) is 3. The summed E-state index contributed by atoms with van der Waals surface area (Å²) in [5.74, 6) is -2.58. The van der Waals surface area contributed by atoms with E-state index >= 15 is 0 Å². The summed E-state index contributed by atoms with van der Waals surface area (Å²) in [5, 5.41) is 5.15. The Bertz CT molecular complexity index is 1420. The van der Waals surface area contributed by atoms with Gasteiger partial charge in [-0.25, -0.2) is 21.6 Å². The highest BCUT2D eigenvalue weighted by Gasteiger charge is 2.30. The van der Waals surface area contributed by atoms with Crippen molar-refractivity contribution in [1.29, 1.82) is 0 Å². The van der Waals surface area contributed by atoms with E-state index in [2.05, 4.69) is 20.3 Å². The molecule has 2 aromatic carbocycles. The number of nitrogens with zero attached hydrogens (tertiary/aromatic N) is 1. The Morgan fingerprint density at radius 2 is 1.43 bits per heavy atom. The van der Waals surface area contributed by atoms with Crippen LogP contribution in [0.25, 0.3) is 0 Å². The number of nitrogens with two attached hydrogens (primary N) is 2. The molecule has 2 rings (SSSR count). The molecule has 15 heteroatoms. The highest BCUT2D eigenvalue weighted by molar-refractivity contribution is 7.90. The molecule has 0 aliphatic heterocycles. The predicted molar refractivity (Wildman–Crippen MR) is 160 cm³/mol. The third-order valence-electron chi connectivity index (χ3n) is 5.99. The van der Waals surface area contributed by atoms with Crippen molar-refractivity contribution in [3.8, 4) is 0 Å². The number of hydrogen-bond acceptors (Lipinski definition) is 8. The van der Waals surface area contributed by atoms with Gasteiger partial charge in [0.2, 0.25) is 21.8 Å². The van der Waals surface area contributed by atoms with Gasteiger partial charge in [0.15, 0.2) is 5.96 Å². The Morgan fingerprint density at radius 3 is 1.98 bits per heavy atom. The van der Waals surface area contributed by atoms with E-state index in [-0.39, 0.29) is 31.8 Å². The molecular formula is C27H38N6O7S2. The number of amides is 2. The summed E-state index contributed by atoms with van der Waals surface area (Å²) in [7, 11) is -7.64. The van der Waals surface area contributed by atoms with Crippen LogP contribution in [0.15, 0.2) is 65.7 Å². The second-order valence-corrected chi connectivity index (χ2v) is 13.8. The normalized spacial score (nSPS) is 13.7. The van der Waals surface area contributed by atoms with Gasteiger partial charge in [0.05, 0.1) is 17.5 Å². The minimum atomic E-state index is -4.08. The van der Waals surface area contributed by atoms with Crippen LogP contribution in [0.2, 0.25) is 0 Å². The van der Waals surface area contributed by atoms with E-state index in [4.69, 9.17) is 11.5 Å². The molecule has 0 saturated heterocycles. The average Bonchev–Trinajstić information content (AvgIpc) is 2.92. The van der Waals surface area contributed by atoms with Crippen molar-refractivity contribution in [3.63, 3.8) is 0 Å². The summed E-state index contributed by atoms with van der Waals surface area (Å²) in [5.41, 5.74) is 11.8. The molecule has 230 valence electrons. The Morgan fingerprint density at radius 1 is 0.857 bits per heavy atom. The lowest BCUT2D eigenvalue weighted by Crippen LogP contribution is -2.56. The third-order valence-corrected chi connectivity index (χ3v) is 8.32. The van der Waals surface area contributed by atoms with Gasteiger partial charge in [0, 0.05) is 19.2 Å². The van der Waals surface area contributed by atoms with E-state index in [1.165, 1.54) is 0 Å². The molecule has 0 heterocycles. The molecule has 0 saturated carbocycles. The smallest absolute Gasteiger partial charge is 0.243 e. The first kappa shape index (κ1) is 34.4. The Balaban J connectivity index is 2.25. The highest BCUT2D eigenvalue weighted by atomic mass is 32.2. The predicted octanol–water partition coefficient (Wildman–Crippen LogP) is -0.626. The van der Waals surface area contributed by atoms with Crippen molar-refractivity contribution in [2.75, 3.05) is 18.6 Å². The van der Waals surface area contributed by atoms with Crippen LogP contribution in [0.4, 0.5) is 0 Å². The number of sulfonamides is 1. The fraction of sp³-hybridized carbons (Fsp3) is 0.407. The lowest BCUT2D eigenvalue weighted by Gasteiger charge is -2.24. The number of hydrogen-bond donors (Lipinski definition) is 5. The van der Waals surface area contributed by atoms with Crippen molar-refractivity contribution in [2.24, 2.45) is 16.5 Å². The monoisotopic (exact) mass is 622 g/mol. The van der Waals surface area contributed by atoms with Crippen LogP contribution in [-0.2, 0) is 46.4 Å². The largest absolute Gasteiger partial charge is 0.370 e. The molecule has 0 aliphatic carbocycles. The molecule has 0 radical (unpaired) electrons. The zero-order valence-corrected chi connectivity index (χ0v) is 24.9. The van der Waals surface area contributed by atoms with E-state index in [9.17, 15) is 31.2 Å². The van der Waals surface area contributed by atoms with E-state index in [1.54, 1.807) is 60.7 Å². The van der Waals surface area contributed by atoms with E-state index in [0.29, 0.717) is 23.8 Å². The minimum absolute atomic E-state index is 0.0214. The minimum Gasteiger partial charge on any atom is -0.370 e. The molecule has 2 amide bonds. The van der Waals surface area contributed by atoms with Crippen LogP contribution < -0.4 is 26.8 Å². The topological polar surface area (TPSA) is 220 Å². The van der Waals surface area contributed by atoms with Crippen molar-refractivity contribution >= 4 is 43.9 Å². The number of rotatable bonds is 18. The maximum atomic E-state index is 13.4. The fourth-order valence-electron chi connectivity index (χ4n) is 3.94. The molecule has 13 nitrogen and oxygen atoms in total. The lowest BCUT2D eigenvalue weighted by atomic mass is 10.0. The van der Waals surface area contributed by atoms with Gasteiger partial charge in [-0.1, -0.05) is 60.7 Å². The molecule has 3 unspecified atom stereocenters. The Hall–Kier alpha value is -3.82. The number of carbonyl (C=O) groups is 3. The highest BCUT2D eigenvalue weighted by Crippen LogP contribution is 2.09. The van der Waals surface area contributed by atoms with Crippen LogP contribution in [0.5, 0.6) is 0 Å². The summed E-state index contributed by atoms with van der Waals surface area (Å²) in [6.07, 6.45) is 1.82. The van der Waals surface area contributed by atoms with Crippen molar-refractivity contribution in [2.45, 2.75) is 49.6 Å². The Kier molecular flexibility index (Phi) is 13.6. The van der Waals surface area contributed by atoms with Crippen LogP contribution in [-0.4, -0.2) is 77.6 Å². The summed E-state index contributed by atoms with van der Waals surface area (Å²) in [4.78, 5) is 42.2. The van der Waals surface area contributed by atoms with E-state index in [0.717, 1.165) is 6.26 Å². The number of aldehydes is 1. The van der Waals surface area contributed by atoms with Crippen molar-refractivity contribution in [1.82, 2.24) is 15.4 Å². The van der Waals surface area contributed by atoms with Gasteiger partial charge < -0.3 is 26.9 Å². The van der Waals surface area contributed by atoms with Gasteiger partial charge in [0.25, 0.3) is 0 Å². The van der Waals surface area contributed by atoms with Crippen molar-refractivity contribution in [3.05, 3.63) is 71.8 Å². The van der Waals surface area contributed by atoms with E-state index in [1.807, 2.05) is 0 Å². The molecule has 0 aliphatic rings. The van der Waals surface area contributed by atoms with Crippen LogP contribution in [0.1, 0.15) is 30.4 Å². The first-order valence-corrected chi connectivity index (χ1v) is 16.9. The number of benzene rings is 2. The maximum absolute atomic E-state index is 13.4. The third kappa shape index (κ3) is 13.7. The molecule has 2 aromatic rings. The first-order chi connectivity index (χ1) is 19.8. The molecule has 42 heavy (non-hydrogen) atoms. The molecule has 0 aromatic heterocycles. The second-order valence-electron chi connectivity index (χ2n) is 9.78. The lowest BCUT2D eigenvalue weighted by molar-refractivity contribution is -0.130. The summed E-state index contributed by atoms with van der Waals surface area (Å²) >= 11 is 0. The number of sulfone groups is 1. The quantitative estimate of drug-likeness (QED) is 0.0618. The van der Waals surface area contributed by atoms with E-state index < -0.39 is 61.3 Å². The van der Waals surface area contributed by atoms with Crippen LogP contribution >= 0.6 is 0 Å². The van der Waals surface area contributed by atoms with Gasteiger partial charge in [-0.3, -0.25) is 14.6 Å². The number of guanidine groups is 1. The first-order valence-electron chi connectivity index (χ1n) is 13.1. The van der Waals surface area contributed by atoms with Gasteiger partial charge in [0.1, 0.15) is 28.2 Å². The standard InChI is InChI=1S/C27H38N6O7S2/c1-41(37,38)16-14-23(33-42(39,40)19-21-11-6-3-7-12-21)25(35)32-24(17-20-9-4-2-5-10-20)26(36)31-22(18-34)13-8-15-30-27(28)29/h2-7,9-12,18,22-24,33H,8,13-17,19H2,1H3,(H,31,36)(H,32,35)(H4,28,29,30). The molecular weight excluding hydrogens is 584 g/mol. The van der Waals surface area contributed by atoms with Gasteiger partial charge >= 0.3 is 0 Å². The van der Waals surface area contributed by atoms with Gasteiger partial charge in [-0.05, 0) is 30.4 Å². The zero-order valence-electron chi connectivity index (χ0n) is 23.3. The summed E-state index contributed by atoms with van der Waals surface area (Å²) < 4.78 is 51.8. The zero-order chi connectivity index (χ0) is 31.2. The molecule has 3 atom stereocenters. The fourth-order valence-corrected chi connectivity index (χ4v) is 5.97. The SMILES string of the molecule is CS(=O)(=O)CCC(NS(=O)(=O)Cc1ccccc1)C(=O)NC(Cc1ccccc1)C(=O)NC(C=O)CCCN=C(N)N. The summed E-state index contributed by atoms with van der Waals surface area (Å²) in [6.45, 7) is 0.248. The van der Waals surface area contributed by atoms with Crippen LogP contribution in [0.3, 0.4) is 0 Å². The molecule has 0 bridgehead atoms. The second kappa shape index (κ2) is 16.6. The Labute approximate surface area is 246 Å². The average molecular weight is 623 g/mol. The number of carbonyl (C=O) groups excluding carboxylic acids is 3. The molecule has 0 fully saturated rings. The molecule has 0 spiro atoms. The van der Waals surface area contributed by atoms with Gasteiger partial charge in [-0.2, -0.15) is 0 Å². The van der Waals surface area contributed by atoms with Crippen LogP contribution in [0, 0.1) is 0 Å². The number of aliphatic imine (C=N–C) groups is 1. The summed E-state index contributed by atoms with van der Waals surface area (Å²) in [6, 6.07) is 13.4. The van der Waals surface area contributed by atoms with Crippen molar-refractivity contribution < 1.29 is 31.2 Å². The van der Waals surface area contributed by atoms with Gasteiger partial charge in [-0.15, -0.1) is 0 Å².